The normalized spacial score (nSPS) is 15.4. The van der Waals surface area contributed by atoms with E-state index in [4.69, 9.17) is 16.6 Å². The van der Waals surface area contributed by atoms with Gasteiger partial charge in [0.1, 0.15) is 48.3 Å². The Morgan fingerprint density at radius 3 is 1.82 bits per heavy atom. The maximum atomic E-state index is 14.0. The van der Waals surface area contributed by atoms with E-state index in [9.17, 15) is 53.4 Å². The number of benzene rings is 1. The van der Waals surface area contributed by atoms with E-state index in [0.717, 1.165) is 10.9 Å². The van der Waals surface area contributed by atoms with E-state index < -0.39 is 127 Å². The third-order valence-electron chi connectivity index (χ3n) is 10.4. The highest BCUT2D eigenvalue weighted by Gasteiger charge is 2.35. The lowest BCUT2D eigenvalue weighted by atomic mass is 10.0. The molecule has 368 valence electrons. The molecule has 0 aliphatic heterocycles. The molecular weight excluding hydrogens is 863 g/mol. The summed E-state index contributed by atoms with van der Waals surface area (Å²) in [7, 11) is 0. The molecule has 0 saturated carbocycles. The number of aliphatic hydroxyl groups excluding tert-OH is 2. The highest BCUT2D eigenvalue weighted by atomic mass is 16.4. The molecule has 23 heteroatoms. The maximum absolute atomic E-state index is 14.0. The number of aliphatic carboxylic acids is 1. The number of hydrogen-bond donors (Lipinski definition) is 14. The van der Waals surface area contributed by atoms with Crippen LogP contribution in [0.15, 0.2) is 30.5 Å². The number of rotatable bonds is 28. The lowest BCUT2D eigenvalue weighted by molar-refractivity contribution is -0.142. The van der Waals surface area contributed by atoms with Gasteiger partial charge in [-0.25, -0.2) is 4.79 Å². The summed E-state index contributed by atoms with van der Waals surface area (Å²) in [5.41, 5.74) is 12.4. The van der Waals surface area contributed by atoms with Crippen LogP contribution in [0.25, 0.3) is 10.9 Å². The lowest BCUT2D eigenvalue weighted by Gasteiger charge is -2.28. The summed E-state index contributed by atoms with van der Waals surface area (Å²) in [4.78, 5) is 121. The summed E-state index contributed by atoms with van der Waals surface area (Å²) in [5.74, 6) is -8.57. The fraction of sp³-hybridized carbons (Fsp3) is 0.605. The fourth-order valence-corrected chi connectivity index (χ4v) is 6.59. The van der Waals surface area contributed by atoms with E-state index in [2.05, 4.69) is 47.5 Å². The second-order valence-electron chi connectivity index (χ2n) is 17.0. The average Bonchev–Trinajstić information content (AvgIpc) is 3.66. The SMILES string of the molecule is CC(C)C[C@H](NC(=O)[C@H](C)NC(=O)[C@@H](NC(=O)[C@@H](NC(=O)[C@H](C)NC(=O)[C@@H](N)CO)C(C)C)[C@@H](C)O)C(=O)N[C@@H](Cc1c[nH]c2ccccc12)C(=O)NCC(=O)N[C@@H](CCCCN)C(=O)O. The molecule has 2 rings (SSSR count). The first-order valence-corrected chi connectivity index (χ1v) is 21.9. The Kier molecular flexibility index (Phi) is 23.2. The molecule has 0 aliphatic rings. The van der Waals surface area contributed by atoms with Crippen LogP contribution in [0.3, 0.4) is 0 Å². The molecule has 1 aromatic carbocycles. The number of carboxylic acids is 1. The van der Waals surface area contributed by atoms with Crippen LogP contribution in [-0.2, 0) is 49.6 Å². The number of carbonyl (C=O) groups is 9. The predicted molar refractivity (Wildman–Crippen MR) is 241 cm³/mol. The summed E-state index contributed by atoms with van der Waals surface area (Å²) in [6.07, 6.45) is 1.32. The van der Waals surface area contributed by atoms with Gasteiger partial charge in [0.15, 0.2) is 0 Å². The van der Waals surface area contributed by atoms with Gasteiger partial charge in [-0.05, 0) is 76.5 Å². The summed E-state index contributed by atoms with van der Waals surface area (Å²) >= 11 is 0. The quantitative estimate of drug-likeness (QED) is 0.0376. The van der Waals surface area contributed by atoms with Gasteiger partial charge in [-0.15, -0.1) is 0 Å². The number of fused-ring (bicyclic) bond motifs is 1. The van der Waals surface area contributed by atoms with Crippen LogP contribution >= 0.6 is 0 Å². The molecule has 16 N–H and O–H groups in total. The van der Waals surface area contributed by atoms with Crippen molar-refractivity contribution >= 4 is 64.1 Å². The van der Waals surface area contributed by atoms with E-state index in [1.807, 2.05) is 18.2 Å². The standard InChI is InChI=1S/C43H69N11O12/c1-21(2)16-31(51-36(58)23(5)49-42(64)35(25(7)56)54-41(63)34(22(3)4)53-37(59)24(6)48-38(60)28(45)20-55)40(62)52-32(17-26-18-46-29-13-9-8-12-27(26)29)39(61)47-19-33(57)50-30(43(65)66)14-10-11-15-44/h8-9,12-13,18,21-25,28,30-32,34-35,46,55-56H,10-11,14-17,19-20,44-45H2,1-7H3,(H,47,61)(H,48,60)(H,49,64)(H,50,57)(H,51,58)(H,52,62)(H,53,59)(H,54,63)(H,65,66)/t23-,24-,25+,28-,30-,31-,32-,34-,35-/m0/s1. The number of aliphatic hydroxyl groups is 2. The molecule has 66 heavy (non-hydrogen) atoms. The molecule has 8 amide bonds. The first-order valence-electron chi connectivity index (χ1n) is 21.9. The van der Waals surface area contributed by atoms with Crippen molar-refractivity contribution in [2.24, 2.45) is 23.3 Å². The van der Waals surface area contributed by atoms with Gasteiger partial charge in [0.25, 0.3) is 0 Å². The van der Waals surface area contributed by atoms with Crippen LogP contribution in [-0.4, -0.2) is 148 Å². The predicted octanol–water partition coefficient (Wildman–Crippen LogP) is -3.12. The van der Waals surface area contributed by atoms with Crippen LogP contribution in [0.2, 0.25) is 0 Å². The average molecular weight is 932 g/mol. The van der Waals surface area contributed by atoms with Crippen molar-refractivity contribution in [1.29, 1.82) is 0 Å². The van der Waals surface area contributed by atoms with Gasteiger partial charge < -0.3 is 74.3 Å². The van der Waals surface area contributed by atoms with E-state index in [1.54, 1.807) is 40.0 Å². The number of unbranched alkanes of at least 4 members (excludes halogenated alkanes) is 1. The van der Waals surface area contributed by atoms with E-state index in [0.29, 0.717) is 24.9 Å². The van der Waals surface area contributed by atoms with Crippen molar-refractivity contribution in [3.63, 3.8) is 0 Å². The Morgan fingerprint density at radius 2 is 1.24 bits per heavy atom. The van der Waals surface area contributed by atoms with Gasteiger partial charge in [0.2, 0.25) is 47.3 Å². The number of para-hydroxylation sites is 1. The van der Waals surface area contributed by atoms with Gasteiger partial charge >= 0.3 is 5.97 Å². The van der Waals surface area contributed by atoms with Crippen molar-refractivity contribution in [3.8, 4) is 0 Å². The van der Waals surface area contributed by atoms with E-state index >= 15 is 0 Å². The number of amides is 8. The topological polar surface area (TPSA) is 378 Å². The highest BCUT2D eigenvalue weighted by molar-refractivity contribution is 5.98. The first kappa shape index (κ1) is 56.0. The molecule has 0 saturated heterocycles. The van der Waals surface area contributed by atoms with Crippen LogP contribution in [0, 0.1) is 11.8 Å². The number of H-pyrrole nitrogens is 1. The van der Waals surface area contributed by atoms with E-state index in [1.165, 1.54) is 20.8 Å². The third kappa shape index (κ3) is 18.0. The summed E-state index contributed by atoms with van der Waals surface area (Å²) in [6.45, 7) is 9.72. The number of nitrogens with one attached hydrogen (secondary N) is 9. The molecule has 0 spiro atoms. The van der Waals surface area contributed by atoms with E-state index in [-0.39, 0.29) is 25.2 Å². The Labute approximate surface area is 383 Å². The van der Waals surface area contributed by atoms with Crippen LogP contribution in [0.1, 0.15) is 79.7 Å². The second-order valence-corrected chi connectivity index (χ2v) is 17.0. The van der Waals surface area contributed by atoms with Crippen molar-refractivity contribution in [2.45, 2.75) is 135 Å². The van der Waals surface area contributed by atoms with Gasteiger partial charge in [-0.3, -0.25) is 38.4 Å². The number of carboxylic acid groups (broad SMARTS) is 1. The van der Waals surface area contributed by atoms with Crippen molar-refractivity contribution < 1.29 is 58.5 Å². The lowest BCUT2D eigenvalue weighted by Crippen LogP contribution is -2.62. The zero-order chi connectivity index (χ0) is 49.8. The molecular formula is C43H69N11O12. The van der Waals surface area contributed by atoms with Crippen LogP contribution in [0.5, 0.6) is 0 Å². The molecule has 2 aromatic rings. The second kappa shape index (κ2) is 27.3. The summed E-state index contributed by atoms with van der Waals surface area (Å²) in [5, 5.41) is 49.7. The number of carbonyl (C=O) groups excluding carboxylic acids is 8. The minimum absolute atomic E-state index is 0.0580. The van der Waals surface area contributed by atoms with Crippen molar-refractivity contribution in [2.75, 3.05) is 19.7 Å². The molecule has 0 bridgehead atoms. The number of nitrogens with two attached hydrogens (primary N) is 2. The summed E-state index contributed by atoms with van der Waals surface area (Å²) < 4.78 is 0. The number of aromatic amines is 1. The molecule has 9 atom stereocenters. The minimum Gasteiger partial charge on any atom is -0.480 e. The van der Waals surface area contributed by atoms with Crippen LogP contribution in [0.4, 0.5) is 0 Å². The Hall–Kier alpha value is -6.17. The molecule has 1 heterocycles. The smallest absolute Gasteiger partial charge is 0.326 e. The Morgan fingerprint density at radius 1 is 0.667 bits per heavy atom. The van der Waals surface area contributed by atoms with Gasteiger partial charge in [0, 0.05) is 23.5 Å². The Bertz CT molecular complexity index is 1990. The highest BCUT2D eigenvalue weighted by Crippen LogP contribution is 2.19. The molecule has 0 fully saturated rings. The van der Waals surface area contributed by atoms with Crippen molar-refractivity contribution in [3.05, 3.63) is 36.0 Å². The molecule has 0 aliphatic carbocycles. The third-order valence-corrected chi connectivity index (χ3v) is 10.4. The first-order chi connectivity index (χ1) is 31.0. The zero-order valence-electron chi connectivity index (χ0n) is 38.6. The van der Waals surface area contributed by atoms with Gasteiger partial charge in [0.05, 0.1) is 19.3 Å². The van der Waals surface area contributed by atoms with Gasteiger partial charge in [-0.1, -0.05) is 45.9 Å². The minimum atomic E-state index is -1.63. The Balaban J connectivity index is 2.23. The zero-order valence-corrected chi connectivity index (χ0v) is 38.6. The fourth-order valence-electron chi connectivity index (χ4n) is 6.59. The summed E-state index contributed by atoms with van der Waals surface area (Å²) in [6, 6.07) is -3.19. The molecule has 0 radical (unpaired) electrons. The maximum Gasteiger partial charge on any atom is 0.326 e. The molecule has 0 unspecified atom stereocenters. The van der Waals surface area contributed by atoms with Gasteiger partial charge in [-0.2, -0.15) is 0 Å². The molecule has 1 aromatic heterocycles. The number of hydrogen-bond acceptors (Lipinski definition) is 13. The van der Waals surface area contributed by atoms with Crippen molar-refractivity contribution in [1.82, 2.24) is 47.5 Å². The monoisotopic (exact) mass is 932 g/mol. The van der Waals surface area contributed by atoms with Crippen LogP contribution < -0.4 is 54.0 Å². The molecule has 23 nitrogen and oxygen atoms in total. The number of aromatic nitrogens is 1. The largest absolute Gasteiger partial charge is 0.480 e.